The van der Waals surface area contributed by atoms with Crippen molar-refractivity contribution in [2.75, 3.05) is 6.61 Å². The number of allylic oxidation sites excluding steroid dienone is 1. The monoisotopic (exact) mass is 230 g/mol. The normalized spacial score (nSPS) is 10.1. The summed E-state index contributed by atoms with van der Waals surface area (Å²) in [6.45, 7) is -0.164. The average Bonchev–Trinajstić information content (AvgIpc) is 2.37. The molecule has 0 unspecified atom stereocenters. The standard InChI is InChI=1S/C13H14N2O2/c14-9-11-17-13(16)8-3-1-2-6-12-7-4-5-10-15-12/h2,4-7,10H,1,3,8,11H2. The molecule has 1 aromatic heterocycles. The number of ether oxygens (including phenoxy) is 1. The van der Waals surface area contributed by atoms with Gasteiger partial charge >= 0.3 is 5.97 Å². The summed E-state index contributed by atoms with van der Waals surface area (Å²) in [5, 5.41) is 8.21. The largest absolute Gasteiger partial charge is 0.450 e. The molecule has 88 valence electrons. The van der Waals surface area contributed by atoms with Gasteiger partial charge in [0.25, 0.3) is 0 Å². The number of unbranched alkanes of at least 4 members (excludes halogenated alkanes) is 1. The number of aromatic nitrogens is 1. The van der Waals surface area contributed by atoms with Crippen LogP contribution in [0.15, 0.2) is 30.5 Å². The van der Waals surface area contributed by atoms with Crippen LogP contribution in [0.2, 0.25) is 0 Å². The minimum absolute atomic E-state index is 0.164. The topological polar surface area (TPSA) is 63.0 Å². The van der Waals surface area contributed by atoms with E-state index >= 15 is 0 Å². The highest BCUT2D eigenvalue weighted by Gasteiger charge is 2.00. The Morgan fingerprint density at radius 2 is 2.41 bits per heavy atom. The lowest BCUT2D eigenvalue weighted by Crippen LogP contribution is -2.03. The number of hydrogen-bond acceptors (Lipinski definition) is 4. The minimum atomic E-state index is -0.321. The molecule has 0 spiro atoms. The molecule has 0 radical (unpaired) electrons. The smallest absolute Gasteiger partial charge is 0.306 e. The summed E-state index contributed by atoms with van der Waals surface area (Å²) < 4.78 is 4.62. The zero-order valence-corrected chi connectivity index (χ0v) is 9.50. The quantitative estimate of drug-likeness (QED) is 0.555. The van der Waals surface area contributed by atoms with Crippen molar-refractivity contribution in [3.8, 4) is 6.07 Å². The van der Waals surface area contributed by atoms with Crippen molar-refractivity contribution in [2.24, 2.45) is 0 Å². The predicted octanol–water partition coefficient (Wildman–Crippen LogP) is 2.33. The molecule has 0 saturated heterocycles. The fourth-order valence-corrected chi connectivity index (χ4v) is 1.23. The molecule has 1 rings (SSSR count). The van der Waals surface area contributed by atoms with Gasteiger partial charge in [-0.2, -0.15) is 5.26 Å². The molecule has 4 heteroatoms. The van der Waals surface area contributed by atoms with Gasteiger partial charge in [0.1, 0.15) is 6.07 Å². The Bertz CT molecular complexity index is 407. The summed E-state index contributed by atoms with van der Waals surface area (Å²) in [6.07, 6.45) is 7.47. The summed E-state index contributed by atoms with van der Waals surface area (Å²) in [5.74, 6) is -0.321. The van der Waals surface area contributed by atoms with Gasteiger partial charge in [-0.3, -0.25) is 9.78 Å². The zero-order valence-electron chi connectivity index (χ0n) is 9.50. The third-order valence-corrected chi connectivity index (χ3v) is 2.03. The molecule has 1 heterocycles. The van der Waals surface area contributed by atoms with Crippen LogP contribution in [0.25, 0.3) is 6.08 Å². The van der Waals surface area contributed by atoms with Crippen LogP contribution in [0.3, 0.4) is 0 Å². The van der Waals surface area contributed by atoms with Crippen molar-refractivity contribution in [3.63, 3.8) is 0 Å². The van der Waals surface area contributed by atoms with Crippen LogP contribution in [0.5, 0.6) is 0 Å². The number of rotatable bonds is 6. The minimum Gasteiger partial charge on any atom is -0.450 e. The van der Waals surface area contributed by atoms with Crippen LogP contribution in [-0.2, 0) is 9.53 Å². The molecule has 0 aliphatic carbocycles. The van der Waals surface area contributed by atoms with Crippen LogP contribution >= 0.6 is 0 Å². The molecule has 17 heavy (non-hydrogen) atoms. The van der Waals surface area contributed by atoms with Gasteiger partial charge in [-0.25, -0.2) is 0 Å². The Hall–Kier alpha value is -2.15. The number of carbonyl (C=O) groups excluding carboxylic acids is 1. The third-order valence-electron chi connectivity index (χ3n) is 2.03. The van der Waals surface area contributed by atoms with Crippen molar-refractivity contribution in [1.29, 1.82) is 5.26 Å². The molecule has 0 N–H and O–H groups in total. The second kappa shape index (κ2) is 8.05. The van der Waals surface area contributed by atoms with Crippen molar-refractivity contribution in [2.45, 2.75) is 19.3 Å². The van der Waals surface area contributed by atoms with Crippen molar-refractivity contribution in [1.82, 2.24) is 4.98 Å². The highest BCUT2D eigenvalue weighted by molar-refractivity contribution is 5.69. The van der Waals surface area contributed by atoms with Gasteiger partial charge < -0.3 is 4.74 Å². The molecule has 0 fully saturated rings. The number of pyridine rings is 1. The highest BCUT2D eigenvalue weighted by atomic mass is 16.5. The molecular weight excluding hydrogens is 216 g/mol. The van der Waals surface area contributed by atoms with Crippen molar-refractivity contribution < 1.29 is 9.53 Å². The fourth-order valence-electron chi connectivity index (χ4n) is 1.23. The van der Waals surface area contributed by atoms with Crippen molar-refractivity contribution >= 4 is 12.0 Å². The first-order valence-electron chi connectivity index (χ1n) is 5.43. The Morgan fingerprint density at radius 3 is 3.12 bits per heavy atom. The first-order valence-corrected chi connectivity index (χ1v) is 5.43. The molecule has 0 aliphatic rings. The molecule has 0 bridgehead atoms. The van der Waals surface area contributed by atoms with Crippen LogP contribution in [0, 0.1) is 11.3 Å². The van der Waals surface area contributed by atoms with E-state index < -0.39 is 0 Å². The van der Waals surface area contributed by atoms with E-state index in [0.29, 0.717) is 12.8 Å². The van der Waals surface area contributed by atoms with E-state index in [1.54, 1.807) is 12.3 Å². The lowest BCUT2D eigenvalue weighted by atomic mass is 10.2. The molecular formula is C13H14N2O2. The maximum absolute atomic E-state index is 11.0. The number of hydrogen-bond donors (Lipinski definition) is 0. The average molecular weight is 230 g/mol. The number of esters is 1. The van der Waals surface area contributed by atoms with Gasteiger partial charge in [0.15, 0.2) is 6.61 Å². The first kappa shape index (κ1) is 12.9. The van der Waals surface area contributed by atoms with E-state index in [4.69, 9.17) is 5.26 Å². The van der Waals surface area contributed by atoms with Gasteiger partial charge in [-0.15, -0.1) is 0 Å². The molecule has 0 amide bonds. The Morgan fingerprint density at radius 1 is 1.53 bits per heavy atom. The first-order chi connectivity index (χ1) is 8.33. The highest BCUT2D eigenvalue weighted by Crippen LogP contribution is 2.02. The van der Waals surface area contributed by atoms with Gasteiger partial charge in [-0.05, 0) is 31.1 Å². The maximum Gasteiger partial charge on any atom is 0.306 e. The maximum atomic E-state index is 11.0. The summed E-state index contributed by atoms with van der Waals surface area (Å²) in [6, 6.07) is 7.46. The number of nitrogens with zero attached hydrogens (tertiary/aromatic N) is 2. The van der Waals surface area contributed by atoms with E-state index in [1.165, 1.54) is 0 Å². The van der Waals surface area contributed by atoms with E-state index in [0.717, 1.165) is 12.1 Å². The summed E-state index contributed by atoms with van der Waals surface area (Å²) in [4.78, 5) is 15.2. The predicted molar refractivity (Wildman–Crippen MR) is 63.7 cm³/mol. The van der Waals surface area contributed by atoms with Crippen molar-refractivity contribution in [3.05, 3.63) is 36.2 Å². The summed E-state index contributed by atoms with van der Waals surface area (Å²) in [5.41, 5.74) is 0.902. The van der Waals surface area contributed by atoms with E-state index in [2.05, 4.69) is 9.72 Å². The third kappa shape index (κ3) is 6.10. The fraction of sp³-hybridized carbons (Fsp3) is 0.308. The summed E-state index contributed by atoms with van der Waals surface area (Å²) in [7, 11) is 0. The SMILES string of the molecule is N#CCOC(=O)CCCC=Cc1ccccn1. The van der Waals surface area contributed by atoms with E-state index in [9.17, 15) is 4.79 Å². The number of nitriles is 1. The molecule has 1 aromatic rings. The van der Waals surface area contributed by atoms with Gasteiger partial charge in [0.2, 0.25) is 0 Å². The molecule has 0 saturated carbocycles. The molecule has 0 atom stereocenters. The van der Waals surface area contributed by atoms with Gasteiger partial charge in [0.05, 0.1) is 5.69 Å². The van der Waals surface area contributed by atoms with E-state index in [1.807, 2.05) is 30.4 Å². The zero-order chi connectivity index (χ0) is 12.3. The lowest BCUT2D eigenvalue weighted by Gasteiger charge is -1.97. The molecule has 0 aromatic carbocycles. The lowest BCUT2D eigenvalue weighted by molar-refractivity contribution is -0.142. The van der Waals surface area contributed by atoms with E-state index in [-0.39, 0.29) is 12.6 Å². The van der Waals surface area contributed by atoms with Crippen LogP contribution in [0.4, 0.5) is 0 Å². The van der Waals surface area contributed by atoms with Crippen LogP contribution in [0.1, 0.15) is 25.0 Å². The Labute approximate surface area is 101 Å². The molecule has 4 nitrogen and oxygen atoms in total. The summed E-state index contributed by atoms with van der Waals surface area (Å²) >= 11 is 0. The second-order valence-electron chi connectivity index (χ2n) is 3.37. The number of carbonyl (C=O) groups is 1. The Balaban J connectivity index is 2.14. The molecule has 0 aliphatic heterocycles. The van der Waals surface area contributed by atoms with Gasteiger partial charge in [-0.1, -0.05) is 12.1 Å². The second-order valence-corrected chi connectivity index (χ2v) is 3.37. The van der Waals surface area contributed by atoms with Gasteiger partial charge in [0, 0.05) is 12.6 Å². The van der Waals surface area contributed by atoms with Crippen LogP contribution in [-0.4, -0.2) is 17.6 Å². The Kier molecular flexibility index (Phi) is 6.12. The van der Waals surface area contributed by atoms with Crippen LogP contribution < -0.4 is 0 Å².